The van der Waals surface area contributed by atoms with Crippen molar-refractivity contribution in [1.29, 1.82) is 0 Å². The normalized spacial score (nSPS) is 14.1. The molecular formula is C11H10N2O3. The molecule has 16 heavy (non-hydrogen) atoms. The van der Waals surface area contributed by atoms with Gasteiger partial charge in [-0.25, -0.2) is 0 Å². The fraction of sp³-hybridized carbons (Fsp3) is 0.182. The Morgan fingerprint density at radius 1 is 1.25 bits per heavy atom. The van der Waals surface area contributed by atoms with Crippen molar-refractivity contribution in [2.75, 3.05) is 11.4 Å². The molecule has 1 aliphatic heterocycles. The summed E-state index contributed by atoms with van der Waals surface area (Å²) >= 11 is 0. The van der Waals surface area contributed by atoms with Gasteiger partial charge in [0.1, 0.15) is 0 Å². The summed E-state index contributed by atoms with van der Waals surface area (Å²) in [5.41, 5.74) is 5.95. The average molecular weight is 218 g/mol. The maximum absolute atomic E-state index is 11.6. The van der Waals surface area contributed by atoms with Crippen LogP contribution in [-0.4, -0.2) is 24.1 Å². The Morgan fingerprint density at radius 3 is 2.62 bits per heavy atom. The lowest BCUT2D eigenvalue weighted by Crippen LogP contribution is -2.32. The zero-order chi connectivity index (χ0) is 11.7. The Kier molecular flexibility index (Phi) is 2.44. The molecule has 1 aromatic rings. The van der Waals surface area contributed by atoms with Gasteiger partial charge in [-0.15, -0.1) is 0 Å². The number of Topliss-reactive ketones (excluding diaryl/α,β-unsaturated/α-hetero) is 1. The van der Waals surface area contributed by atoms with Gasteiger partial charge < -0.3 is 10.6 Å². The number of nitrogens with zero attached hydrogens (tertiary/aromatic N) is 1. The van der Waals surface area contributed by atoms with E-state index in [1.54, 1.807) is 24.3 Å². The van der Waals surface area contributed by atoms with Crippen LogP contribution in [0.15, 0.2) is 24.3 Å². The van der Waals surface area contributed by atoms with Crippen molar-refractivity contribution < 1.29 is 14.4 Å². The lowest BCUT2D eigenvalue weighted by atomic mass is 10.1. The second-order valence-corrected chi connectivity index (χ2v) is 3.52. The van der Waals surface area contributed by atoms with E-state index < -0.39 is 17.6 Å². The number of ketones is 1. The number of carbonyl (C=O) groups excluding carboxylic acids is 3. The molecule has 1 aromatic carbocycles. The third-order valence-electron chi connectivity index (χ3n) is 2.46. The van der Waals surface area contributed by atoms with Gasteiger partial charge in [-0.2, -0.15) is 0 Å². The molecule has 0 unspecified atom stereocenters. The molecule has 0 saturated carbocycles. The van der Waals surface area contributed by atoms with Gasteiger partial charge in [0.15, 0.2) is 0 Å². The van der Waals surface area contributed by atoms with Gasteiger partial charge in [0.25, 0.3) is 11.7 Å². The number of anilines is 1. The summed E-state index contributed by atoms with van der Waals surface area (Å²) < 4.78 is 0. The van der Waals surface area contributed by atoms with Crippen LogP contribution < -0.4 is 10.6 Å². The molecule has 0 bridgehead atoms. The smallest absolute Gasteiger partial charge is 0.299 e. The summed E-state index contributed by atoms with van der Waals surface area (Å²) in [5, 5.41) is 0. The summed E-state index contributed by atoms with van der Waals surface area (Å²) in [5.74, 6) is -1.62. The summed E-state index contributed by atoms with van der Waals surface area (Å²) in [6.45, 7) is 0.150. The number of hydrogen-bond acceptors (Lipinski definition) is 3. The van der Waals surface area contributed by atoms with E-state index >= 15 is 0 Å². The molecule has 0 aromatic heterocycles. The van der Waals surface area contributed by atoms with Crippen LogP contribution in [0.3, 0.4) is 0 Å². The topological polar surface area (TPSA) is 80.5 Å². The molecule has 2 N–H and O–H groups in total. The number of nitrogens with two attached hydrogens (primary N) is 1. The third-order valence-corrected chi connectivity index (χ3v) is 2.46. The van der Waals surface area contributed by atoms with Crippen LogP contribution in [-0.2, 0) is 9.59 Å². The minimum Gasteiger partial charge on any atom is -0.370 e. The molecule has 0 radical (unpaired) electrons. The second-order valence-electron chi connectivity index (χ2n) is 3.52. The van der Waals surface area contributed by atoms with Gasteiger partial charge in [-0.1, -0.05) is 12.1 Å². The zero-order valence-corrected chi connectivity index (χ0v) is 8.47. The molecule has 5 heteroatoms. The maximum Gasteiger partial charge on any atom is 0.299 e. The van der Waals surface area contributed by atoms with E-state index in [0.717, 1.165) is 0 Å². The minimum absolute atomic E-state index is 0.0490. The predicted octanol–water partition coefficient (Wildman–Crippen LogP) is 0.0913. The number of benzene rings is 1. The third kappa shape index (κ3) is 1.56. The zero-order valence-electron chi connectivity index (χ0n) is 8.47. The molecule has 2 rings (SSSR count). The number of amides is 2. The van der Waals surface area contributed by atoms with E-state index in [0.29, 0.717) is 11.3 Å². The first-order chi connectivity index (χ1) is 7.61. The second kappa shape index (κ2) is 3.77. The Bertz CT molecular complexity index is 482. The summed E-state index contributed by atoms with van der Waals surface area (Å²) in [4.78, 5) is 35.1. The Hall–Kier alpha value is -2.17. The molecule has 0 aliphatic carbocycles. The molecule has 1 aliphatic rings. The number of primary amides is 1. The molecule has 2 amide bonds. The van der Waals surface area contributed by atoms with Crippen molar-refractivity contribution in [3.63, 3.8) is 0 Å². The van der Waals surface area contributed by atoms with Gasteiger partial charge in [0.2, 0.25) is 5.91 Å². The SMILES string of the molecule is NC(=O)CCN1C(=O)C(=O)c2ccccc21. The monoisotopic (exact) mass is 218 g/mol. The summed E-state index contributed by atoms with van der Waals surface area (Å²) in [6.07, 6.45) is 0.0490. The molecule has 0 saturated heterocycles. The first-order valence-electron chi connectivity index (χ1n) is 4.85. The number of carbonyl (C=O) groups is 3. The van der Waals surface area contributed by atoms with Crippen molar-refractivity contribution in [3.8, 4) is 0 Å². The number of para-hydroxylation sites is 1. The average Bonchev–Trinajstić information content (AvgIpc) is 2.50. The molecular weight excluding hydrogens is 208 g/mol. The van der Waals surface area contributed by atoms with Gasteiger partial charge in [-0.3, -0.25) is 14.4 Å². The molecule has 0 atom stereocenters. The van der Waals surface area contributed by atoms with Crippen LogP contribution in [0, 0.1) is 0 Å². The number of hydrogen-bond donors (Lipinski definition) is 1. The standard InChI is InChI=1S/C11H10N2O3/c12-9(14)5-6-13-8-4-2-1-3-7(8)10(15)11(13)16/h1-4H,5-6H2,(H2,12,14). The van der Waals surface area contributed by atoms with Crippen LogP contribution in [0.4, 0.5) is 5.69 Å². The lowest BCUT2D eigenvalue weighted by molar-refractivity contribution is -0.118. The van der Waals surface area contributed by atoms with Crippen molar-refractivity contribution in [2.45, 2.75) is 6.42 Å². The maximum atomic E-state index is 11.6. The largest absolute Gasteiger partial charge is 0.370 e. The van der Waals surface area contributed by atoms with Gasteiger partial charge >= 0.3 is 0 Å². The predicted molar refractivity (Wildman–Crippen MR) is 56.9 cm³/mol. The summed E-state index contributed by atoms with van der Waals surface area (Å²) in [7, 11) is 0. The number of fused-ring (bicyclic) bond motifs is 1. The lowest BCUT2D eigenvalue weighted by Gasteiger charge is -2.14. The molecule has 82 valence electrons. The van der Waals surface area contributed by atoms with Crippen molar-refractivity contribution in [3.05, 3.63) is 29.8 Å². The van der Waals surface area contributed by atoms with E-state index in [2.05, 4.69) is 0 Å². The molecule has 5 nitrogen and oxygen atoms in total. The minimum atomic E-state index is -0.595. The van der Waals surface area contributed by atoms with Crippen LogP contribution in [0.2, 0.25) is 0 Å². The van der Waals surface area contributed by atoms with E-state index in [1.165, 1.54) is 4.90 Å². The van der Waals surface area contributed by atoms with E-state index in [9.17, 15) is 14.4 Å². The van der Waals surface area contributed by atoms with Crippen LogP contribution in [0.5, 0.6) is 0 Å². The highest BCUT2D eigenvalue weighted by molar-refractivity contribution is 6.52. The van der Waals surface area contributed by atoms with E-state index in [4.69, 9.17) is 5.73 Å². The molecule has 1 heterocycles. The fourth-order valence-corrected chi connectivity index (χ4v) is 1.69. The quantitative estimate of drug-likeness (QED) is 0.730. The highest BCUT2D eigenvalue weighted by Crippen LogP contribution is 2.28. The van der Waals surface area contributed by atoms with E-state index in [-0.39, 0.29) is 13.0 Å². The van der Waals surface area contributed by atoms with Crippen LogP contribution in [0.25, 0.3) is 0 Å². The molecule has 0 fully saturated rings. The van der Waals surface area contributed by atoms with Crippen molar-refractivity contribution in [2.24, 2.45) is 5.73 Å². The van der Waals surface area contributed by atoms with Crippen LogP contribution >= 0.6 is 0 Å². The number of rotatable bonds is 3. The van der Waals surface area contributed by atoms with Gasteiger partial charge in [0, 0.05) is 13.0 Å². The fourth-order valence-electron chi connectivity index (χ4n) is 1.69. The highest BCUT2D eigenvalue weighted by atomic mass is 16.2. The highest BCUT2D eigenvalue weighted by Gasteiger charge is 2.34. The van der Waals surface area contributed by atoms with E-state index in [1.807, 2.05) is 0 Å². The van der Waals surface area contributed by atoms with Gasteiger partial charge in [0.05, 0.1) is 11.3 Å². The molecule has 0 spiro atoms. The Balaban J connectivity index is 2.30. The Morgan fingerprint density at radius 2 is 1.94 bits per heavy atom. The summed E-state index contributed by atoms with van der Waals surface area (Å²) in [6, 6.07) is 6.71. The van der Waals surface area contributed by atoms with Crippen molar-refractivity contribution >= 4 is 23.3 Å². The van der Waals surface area contributed by atoms with Crippen molar-refractivity contribution in [1.82, 2.24) is 0 Å². The first kappa shape index (κ1) is 10.4. The first-order valence-corrected chi connectivity index (χ1v) is 4.85. The van der Waals surface area contributed by atoms with Crippen LogP contribution in [0.1, 0.15) is 16.8 Å². The Labute approximate surface area is 91.8 Å². The van der Waals surface area contributed by atoms with Gasteiger partial charge in [-0.05, 0) is 12.1 Å².